The van der Waals surface area contributed by atoms with E-state index < -0.39 is 0 Å². The van der Waals surface area contributed by atoms with Gasteiger partial charge in [0, 0.05) is 13.8 Å². The third-order valence-electron chi connectivity index (χ3n) is 3.65. The quantitative estimate of drug-likeness (QED) is 0.530. The van der Waals surface area contributed by atoms with Gasteiger partial charge in [0.15, 0.2) is 0 Å². The van der Waals surface area contributed by atoms with Crippen LogP contribution < -0.4 is 5.06 Å². The summed E-state index contributed by atoms with van der Waals surface area (Å²) in [5.41, 5.74) is -0.485. The molecule has 12 heavy (non-hydrogen) atoms. The molecule has 1 fully saturated rings. The van der Waals surface area contributed by atoms with Crippen LogP contribution in [0.25, 0.3) is 0 Å². The van der Waals surface area contributed by atoms with Gasteiger partial charge in [0.1, 0.15) is 11.2 Å². The van der Waals surface area contributed by atoms with E-state index in [0.29, 0.717) is 11.1 Å². The van der Waals surface area contributed by atoms with Gasteiger partial charge < -0.3 is 10.3 Å². The Morgan fingerprint density at radius 3 is 1.75 bits per heavy atom. The zero-order valence-corrected chi connectivity index (χ0v) is 8.93. The van der Waals surface area contributed by atoms with Gasteiger partial charge in [-0.15, -0.1) is 0 Å². The van der Waals surface area contributed by atoms with Crippen molar-refractivity contribution in [3.63, 3.8) is 0 Å². The molecule has 0 amide bonds. The Kier molecular flexibility index (Phi) is 2.02. The molecule has 0 spiro atoms. The SMILES string of the molecule is CC1N(C)C(C)(C)[NH+]([O-])C1(C)C. The molecular weight excluding hydrogens is 152 g/mol. The maximum Gasteiger partial charge on any atom is 0.148 e. The predicted molar refractivity (Wildman–Crippen MR) is 49.7 cm³/mol. The number of quaternary nitrogens is 1. The molecule has 0 radical (unpaired) electrons. The van der Waals surface area contributed by atoms with Crippen LogP contribution in [0.3, 0.4) is 0 Å². The van der Waals surface area contributed by atoms with Gasteiger partial charge in [-0.3, -0.25) is 0 Å². The van der Waals surface area contributed by atoms with E-state index in [9.17, 15) is 5.21 Å². The average Bonchev–Trinajstić information content (AvgIpc) is 2.06. The monoisotopic (exact) mass is 172 g/mol. The minimum absolute atomic E-state index is 0.196. The molecule has 72 valence electrons. The number of nitrogens with zero attached hydrogens (tertiary/aromatic N) is 1. The lowest BCUT2D eigenvalue weighted by atomic mass is 9.98. The summed E-state index contributed by atoms with van der Waals surface area (Å²) in [4.78, 5) is 2.16. The van der Waals surface area contributed by atoms with E-state index in [-0.39, 0.29) is 11.2 Å². The Balaban J connectivity index is 3.03. The lowest BCUT2D eigenvalue weighted by molar-refractivity contribution is -0.938. The number of likely N-dealkylation sites (N-methyl/N-ethyl adjacent to an activating group) is 1. The Morgan fingerprint density at radius 2 is 1.67 bits per heavy atom. The first-order chi connectivity index (χ1) is 5.22. The zero-order valence-electron chi connectivity index (χ0n) is 8.93. The second-order valence-corrected chi connectivity index (χ2v) is 4.90. The summed E-state index contributed by atoms with van der Waals surface area (Å²) in [5.74, 6) is 0. The molecule has 3 nitrogen and oxygen atoms in total. The van der Waals surface area contributed by atoms with Crippen LogP contribution in [0.5, 0.6) is 0 Å². The summed E-state index contributed by atoms with van der Waals surface area (Å²) in [6, 6.07) is 0.333. The first kappa shape index (κ1) is 9.96. The van der Waals surface area contributed by atoms with E-state index in [4.69, 9.17) is 0 Å². The van der Waals surface area contributed by atoms with Crippen molar-refractivity contribution in [2.75, 3.05) is 7.05 Å². The van der Waals surface area contributed by atoms with E-state index in [2.05, 4.69) is 11.8 Å². The van der Waals surface area contributed by atoms with E-state index in [0.717, 1.165) is 0 Å². The van der Waals surface area contributed by atoms with Crippen molar-refractivity contribution in [1.29, 1.82) is 0 Å². The molecule has 1 heterocycles. The minimum Gasteiger partial charge on any atom is -0.633 e. The summed E-state index contributed by atoms with van der Waals surface area (Å²) in [7, 11) is 2.03. The number of nitrogens with one attached hydrogen (secondary N) is 1. The fraction of sp³-hybridized carbons (Fsp3) is 1.00. The zero-order chi connectivity index (χ0) is 9.73. The number of hydrogen-bond donors (Lipinski definition) is 1. The summed E-state index contributed by atoms with van der Waals surface area (Å²) < 4.78 is 0. The van der Waals surface area contributed by atoms with Crippen LogP contribution in [0.2, 0.25) is 0 Å². The molecule has 0 aromatic carbocycles. The molecular formula is C9H20N2O. The van der Waals surface area contributed by atoms with Crippen molar-refractivity contribution < 1.29 is 5.06 Å². The Bertz CT molecular complexity index is 169. The highest BCUT2D eigenvalue weighted by Crippen LogP contribution is 2.24. The second-order valence-electron chi connectivity index (χ2n) is 4.90. The van der Waals surface area contributed by atoms with Gasteiger partial charge >= 0.3 is 0 Å². The molecule has 0 bridgehead atoms. The summed E-state index contributed by atoms with van der Waals surface area (Å²) in [6.45, 7) is 10.2. The molecule has 1 aliphatic heterocycles. The Hall–Kier alpha value is -0.120. The van der Waals surface area contributed by atoms with Crippen molar-refractivity contribution in [3.8, 4) is 0 Å². The van der Waals surface area contributed by atoms with E-state index in [1.54, 1.807) is 0 Å². The molecule has 0 aromatic rings. The van der Waals surface area contributed by atoms with Gasteiger partial charge in [0.2, 0.25) is 0 Å². The molecule has 3 heteroatoms. The summed E-state index contributed by atoms with van der Waals surface area (Å²) in [5, 5.41) is 12.3. The standard InChI is InChI=1S/C9H20N2O/c1-7-8(2,3)11(12)9(4,5)10(7)6/h7,11H,1-6H3. The second kappa shape index (κ2) is 2.44. The molecule has 0 saturated carbocycles. The first-order valence-electron chi connectivity index (χ1n) is 4.50. The number of rotatable bonds is 0. The van der Waals surface area contributed by atoms with Crippen LogP contribution in [-0.4, -0.2) is 29.2 Å². The highest BCUT2D eigenvalue weighted by molar-refractivity contribution is 4.92. The Labute approximate surface area is 74.9 Å². The van der Waals surface area contributed by atoms with Crippen LogP contribution in [0.1, 0.15) is 34.6 Å². The third-order valence-corrected chi connectivity index (χ3v) is 3.65. The molecule has 1 N–H and O–H groups in total. The first-order valence-corrected chi connectivity index (χ1v) is 4.50. The van der Waals surface area contributed by atoms with E-state index >= 15 is 0 Å². The average molecular weight is 172 g/mol. The highest BCUT2D eigenvalue weighted by atomic mass is 16.5. The maximum absolute atomic E-state index is 11.9. The van der Waals surface area contributed by atoms with Gasteiger partial charge in [-0.05, 0) is 27.8 Å². The highest BCUT2D eigenvalue weighted by Gasteiger charge is 2.53. The molecule has 1 rings (SSSR count). The van der Waals surface area contributed by atoms with Crippen molar-refractivity contribution in [2.45, 2.75) is 51.9 Å². The topological polar surface area (TPSA) is 30.7 Å². The molecule has 1 aliphatic rings. The van der Waals surface area contributed by atoms with Crippen LogP contribution in [0, 0.1) is 5.21 Å². The molecule has 2 unspecified atom stereocenters. The third kappa shape index (κ3) is 1.00. The van der Waals surface area contributed by atoms with Gasteiger partial charge in [-0.1, -0.05) is 0 Å². The maximum atomic E-state index is 11.9. The predicted octanol–water partition coefficient (Wildman–Crippen LogP) is 0.218. The fourth-order valence-corrected chi connectivity index (χ4v) is 2.11. The minimum atomic E-state index is -0.289. The van der Waals surface area contributed by atoms with Gasteiger partial charge in [-0.25, -0.2) is 4.90 Å². The fourth-order valence-electron chi connectivity index (χ4n) is 2.11. The molecule has 2 atom stereocenters. The number of hydroxylamine groups is 2. The largest absolute Gasteiger partial charge is 0.633 e. The summed E-state index contributed by atoms with van der Waals surface area (Å²) in [6.07, 6.45) is 0. The summed E-state index contributed by atoms with van der Waals surface area (Å²) >= 11 is 0. The van der Waals surface area contributed by atoms with Crippen LogP contribution in [-0.2, 0) is 0 Å². The lowest BCUT2D eigenvalue weighted by Crippen LogP contribution is -3.20. The van der Waals surface area contributed by atoms with Gasteiger partial charge in [-0.2, -0.15) is 0 Å². The number of hydrogen-bond acceptors (Lipinski definition) is 2. The molecule has 0 aromatic heterocycles. The normalized spacial score (nSPS) is 40.2. The molecule has 0 aliphatic carbocycles. The van der Waals surface area contributed by atoms with Crippen molar-refractivity contribution in [3.05, 3.63) is 5.21 Å². The van der Waals surface area contributed by atoms with E-state index in [1.807, 2.05) is 34.7 Å². The van der Waals surface area contributed by atoms with Crippen LogP contribution >= 0.6 is 0 Å². The molecule has 1 saturated heterocycles. The van der Waals surface area contributed by atoms with Crippen LogP contribution in [0.4, 0.5) is 0 Å². The van der Waals surface area contributed by atoms with Crippen molar-refractivity contribution >= 4 is 0 Å². The smallest absolute Gasteiger partial charge is 0.148 e. The van der Waals surface area contributed by atoms with Crippen molar-refractivity contribution in [2.24, 2.45) is 0 Å². The van der Waals surface area contributed by atoms with E-state index in [1.165, 1.54) is 0 Å². The van der Waals surface area contributed by atoms with Crippen LogP contribution in [0.15, 0.2) is 0 Å². The van der Waals surface area contributed by atoms with Gasteiger partial charge in [0.05, 0.1) is 6.04 Å². The van der Waals surface area contributed by atoms with Gasteiger partial charge in [0.25, 0.3) is 0 Å². The Morgan fingerprint density at radius 1 is 1.25 bits per heavy atom. The van der Waals surface area contributed by atoms with Crippen molar-refractivity contribution in [1.82, 2.24) is 4.90 Å². The lowest BCUT2D eigenvalue weighted by Gasteiger charge is -2.40.